The number of carbonyl (C=O) groups excluding carboxylic acids is 2. The minimum absolute atomic E-state index is 0.0995. The molecule has 2 aromatic carbocycles. The minimum Gasteiger partial charge on any atom is -0.508 e. The van der Waals surface area contributed by atoms with Crippen molar-refractivity contribution in [2.45, 2.75) is 12.8 Å². The molecule has 2 rings (SSSR count). The van der Waals surface area contributed by atoms with Crippen molar-refractivity contribution in [3.63, 3.8) is 0 Å². The number of phenols is 1. The fourth-order valence-electron chi connectivity index (χ4n) is 1.78. The number of ketones is 1. The predicted molar refractivity (Wildman–Crippen MR) is 81.8 cm³/mol. The van der Waals surface area contributed by atoms with Gasteiger partial charge in [-0.05, 0) is 48.5 Å². The second-order valence-electron chi connectivity index (χ2n) is 4.53. The van der Waals surface area contributed by atoms with Gasteiger partial charge >= 0.3 is 0 Å². The number of nitrogens with one attached hydrogen (secondary N) is 1. The van der Waals surface area contributed by atoms with Gasteiger partial charge in [0.05, 0.1) is 0 Å². The molecule has 0 radical (unpaired) electrons. The number of benzene rings is 2. The summed E-state index contributed by atoms with van der Waals surface area (Å²) in [7, 11) is 0. The topological polar surface area (TPSA) is 66.4 Å². The summed E-state index contributed by atoms with van der Waals surface area (Å²) in [6.45, 7) is 0. The fourth-order valence-corrected chi connectivity index (χ4v) is 1.90. The summed E-state index contributed by atoms with van der Waals surface area (Å²) >= 11 is 5.75. The van der Waals surface area contributed by atoms with Crippen LogP contribution in [0.3, 0.4) is 0 Å². The maximum absolute atomic E-state index is 11.9. The zero-order chi connectivity index (χ0) is 15.2. The highest BCUT2D eigenvalue weighted by atomic mass is 35.5. The molecule has 2 N–H and O–H groups in total. The smallest absolute Gasteiger partial charge is 0.224 e. The molecule has 0 fully saturated rings. The van der Waals surface area contributed by atoms with Gasteiger partial charge in [0.15, 0.2) is 5.78 Å². The number of halogens is 1. The largest absolute Gasteiger partial charge is 0.508 e. The summed E-state index contributed by atoms with van der Waals surface area (Å²) in [5.74, 6) is -0.221. The number of anilines is 1. The number of carbonyl (C=O) groups is 2. The van der Waals surface area contributed by atoms with Gasteiger partial charge < -0.3 is 10.4 Å². The maximum atomic E-state index is 11.9. The van der Waals surface area contributed by atoms with Gasteiger partial charge in [0, 0.05) is 29.1 Å². The predicted octanol–water partition coefficient (Wildman–Crippen LogP) is 3.65. The van der Waals surface area contributed by atoms with E-state index in [1.807, 2.05) is 0 Å². The Labute approximate surface area is 127 Å². The maximum Gasteiger partial charge on any atom is 0.224 e. The van der Waals surface area contributed by atoms with Gasteiger partial charge in [-0.1, -0.05) is 11.6 Å². The second-order valence-corrected chi connectivity index (χ2v) is 4.96. The van der Waals surface area contributed by atoms with E-state index in [0.29, 0.717) is 16.3 Å². The monoisotopic (exact) mass is 303 g/mol. The molecule has 5 heteroatoms. The quantitative estimate of drug-likeness (QED) is 0.654. The molecule has 0 aliphatic heterocycles. The normalized spacial score (nSPS) is 10.1. The lowest BCUT2D eigenvalue weighted by atomic mass is 10.1. The van der Waals surface area contributed by atoms with Gasteiger partial charge in [0.1, 0.15) is 5.75 Å². The first-order valence-corrected chi connectivity index (χ1v) is 6.80. The molecule has 0 aromatic heterocycles. The summed E-state index contributed by atoms with van der Waals surface area (Å²) in [5.41, 5.74) is 1.12. The Balaban J connectivity index is 1.84. The zero-order valence-electron chi connectivity index (χ0n) is 11.2. The molecule has 2 aromatic rings. The zero-order valence-corrected chi connectivity index (χ0v) is 11.9. The number of amides is 1. The van der Waals surface area contributed by atoms with E-state index in [-0.39, 0.29) is 30.3 Å². The molecule has 0 heterocycles. The summed E-state index contributed by atoms with van der Waals surface area (Å²) in [6.07, 6.45) is 0.230. The first kappa shape index (κ1) is 15.1. The highest BCUT2D eigenvalue weighted by molar-refractivity contribution is 6.30. The Bertz CT molecular complexity index is 636. The van der Waals surface area contributed by atoms with E-state index in [1.54, 1.807) is 36.4 Å². The van der Waals surface area contributed by atoms with Gasteiger partial charge in [-0.3, -0.25) is 9.59 Å². The third kappa shape index (κ3) is 4.61. The molecule has 0 spiro atoms. The van der Waals surface area contributed by atoms with Gasteiger partial charge in [0.25, 0.3) is 0 Å². The van der Waals surface area contributed by atoms with Crippen LogP contribution in [0, 0.1) is 0 Å². The van der Waals surface area contributed by atoms with Crippen molar-refractivity contribution in [3.05, 3.63) is 59.1 Å². The van der Waals surface area contributed by atoms with Crippen molar-refractivity contribution in [2.75, 3.05) is 5.32 Å². The number of hydrogen-bond acceptors (Lipinski definition) is 3. The van der Waals surface area contributed by atoms with Crippen molar-refractivity contribution in [2.24, 2.45) is 0 Å². The van der Waals surface area contributed by atoms with E-state index in [2.05, 4.69) is 5.32 Å². The van der Waals surface area contributed by atoms with Crippen LogP contribution >= 0.6 is 11.6 Å². The lowest BCUT2D eigenvalue weighted by Gasteiger charge is -2.05. The van der Waals surface area contributed by atoms with Crippen molar-refractivity contribution < 1.29 is 14.7 Å². The summed E-state index contributed by atoms with van der Waals surface area (Å²) in [4.78, 5) is 23.6. The van der Waals surface area contributed by atoms with E-state index in [0.717, 1.165) is 0 Å². The molecule has 0 unspecified atom stereocenters. The Morgan fingerprint density at radius 1 is 0.952 bits per heavy atom. The fraction of sp³-hybridized carbons (Fsp3) is 0.125. The van der Waals surface area contributed by atoms with Gasteiger partial charge in [0.2, 0.25) is 5.91 Å². The van der Waals surface area contributed by atoms with Crippen molar-refractivity contribution in [3.8, 4) is 5.75 Å². The number of Topliss-reactive ketones (excluding diaryl/α,β-unsaturated/α-hetero) is 1. The number of aromatic hydroxyl groups is 1. The summed E-state index contributed by atoms with van der Waals surface area (Å²) in [6, 6.07) is 12.7. The van der Waals surface area contributed by atoms with Crippen LogP contribution in [0.1, 0.15) is 23.2 Å². The Hall–Kier alpha value is -2.33. The van der Waals surface area contributed by atoms with Crippen molar-refractivity contribution in [1.82, 2.24) is 0 Å². The van der Waals surface area contributed by atoms with Gasteiger partial charge in [-0.2, -0.15) is 0 Å². The first-order valence-electron chi connectivity index (χ1n) is 6.42. The molecular formula is C16H14ClNO3. The first-order chi connectivity index (χ1) is 10.0. The van der Waals surface area contributed by atoms with Crippen LogP contribution in [0.4, 0.5) is 5.69 Å². The number of hydrogen-bond donors (Lipinski definition) is 2. The Kier molecular flexibility index (Phi) is 4.95. The Morgan fingerprint density at radius 3 is 2.19 bits per heavy atom. The van der Waals surface area contributed by atoms with E-state index < -0.39 is 0 Å². The molecule has 0 aliphatic rings. The third-order valence-corrected chi connectivity index (χ3v) is 3.15. The van der Waals surface area contributed by atoms with E-state index in [4.69, 9.17) is 16.7 Å². The third-order valence-electron chi connectivity index (χ3n) is 2.90. The van der Waals surface area contributed by atoms with Crippen LogP contribution < -0.4 is 5.32 Å². The van der Waals surface area contributed by atoms with Crippen LogP contribution in [0.2, 0.25) is 5.02 Å². The molecule has 1 amide bonds. The Morgan fingerprint density at radius 2 is 1.57 bits per heavy atom. The van der Waals surface area contributed by atoms with E-state index in [1.165, 1.54) is 12.1 Å². The van der Waals surface area contributed by atoms with E-state index in [9.17, 15) is 9.59 Å². The SMILES string of the molecule is O=C(CCC(=O)c1ccc(Cl)cc1)Nc1ccc(O)cc1. The van der Waals surface area contributed by atoms with Crippen molar-refractivity contribution in [1.29, 1.82) is 0 Å². The van der Waals surface area contributed by atoms with Crippen LogP contribution in [-0.2, 0) is 4.79 Å². The standard InChI is InChI=1S/C16H14ClNO3/c17-12-3-1-11(2-4-12)15(20)9-10-16(21)18-13-5-7-14(19)8-6-13/h1-8,19H,9-10H2,(H,18,21). The summed E-state index contributed by atoms with van der Waals surface area (Å²) in [5, 5.41) is 12.4. The van der Waals surface area contributed by atoms with Crippen LogP contribution in [0.5, 0.6) is 5.75 Å². The molecular weight excluding hydrogens is 290 g/mol. The molecule has 4 nitrogen and oxygen atoms in total. The van der Waals surface area contributed by atoms with Crippen molar-refractivity contribution >= 4 is 29.0 Å². The van der Waals surface area contributed by atoms with E-state index >= 15 is 0 Å². The minimum atomic E-state index is -0.247. The van der Waals surface area contributed by atoms with Crippen LogP contribution in [-0.4, -0.2) is 16.8 Å². The molecule has 0 aliphatic carbocycles. The lowest BCUT2D eigenvalue weighted by Crippen LogP contribution is -2.13. The van der Waals surface area contributed by atoms with Crippen LogP contribution in [0.15, 0.2) is 48.5 Å². The number of phenolic OH excluding ortho intramolecular Hbond substituents is 1. The van der Waals surface area contributed by atoms with Gasteiger partial charge in [-0.25, -0.2) is 0 Å². The highest BCUT2D eigenvalue weighted by Crippen LogP contribution is 2.15. The molecule has 0 saturated heterocycles. The molecule has 0 atom stereocenters. The average Bonchev–Trinajstić information content (AvgIpc) is 2.48. The molecule has 21 heavy (non-hydrogen) atoms. The summed E-state index contributed by atoms with van der Waals surface area (Å²) < 4.78 is 0. The highest BCUT2D eigenvalue weighted by Gasteiger charge is 2.09. The second kappa shape index (κ2) is 6.90. The van der Waals surface area contributed by atoms with Crippen LogP contribution in [0.25, 0.3) is 0 Å². The lowest BCUT2D eigenvalue weighted by molar-refractivity contribution is -0.116. The molecule has 0 saturated carbocycles. The number of rotatable bonds is 5. The molecule has 0 bridgehead atoms. The molecule has 108 valence electrons. The average molecular weight is 304 g/mol. The van der Waals surface area contributed by atoms with Gasteiger partial charge in [-0.15, -0.1) is 0 Å².